The number of carboxylic acids is 1. The molecular weight excluding hydrogens is 314 g/mol. The molecule has 0 fully saturated rings. The van der Waals surface area contributed by atoms with Gasteiger partial charge in [-0.3, -0.25) is 4.72 Å². The third kappa shape index (κ3) is 3.71. The highest BCUT2D eigenvalue weighted by Gasteiger charge is 2.21. The van der Waals surface area contributed by atoms with E-state index in [0.29, 0.717) is 16.8 Å². The molecule has 2 N–H and O–H groups in total. The zero-order chi connectivity index (χ0) is 17.4. The summed E-state index contributed by atoms with van der Waals surface area (Å²) in [5, 5.41) is 9.14. The van der Waals surface area contributed by atoms with Crippen molar-refractivity contribution in [1.29, 1.82) is 0 Å². The molecule has 0 aliphatic carbocycles. The number of aromatic carboxylic acids is 1. The number of hydrogen-bond donors (Lipinski definition) is 2. The molecular formula is C17H19NO4S. The van der Waals surface area contributed by atoms with E-state index >= 15 is 0 Å². The first kappa shape index (κ1) is 17.0. The topological polar surface area (TPSA) is 83.5 Å². The molecule has 0 aromatic heterocycles. The molecule has 6 heteroatoms. The van der Waals surface area contributed by atoms with Gasteiger partial charge in [0, 0.05) is 5.69 Å². The van der Waals surface area contributed by atoms with E-state index in [1.54, 1.807) is 26.0 Å². The van der Waals surface area contributed by atoms with Crippen LogP contribution in [0.2, 0.25) is 0 Å². The van der Waals surface area contributed by atoms with Gasteiger partial charge in [0.2, 0.25) is 0 Å². The first-order valence-corrected chi connectivity index (χ1v) is 8.54. The van der Waals surface area contributed by atoms with Crippen molar-refractivity contribution in [2.75, 3.05) is 4.72 Å². The molecule has 0 amide bonds. The Labute approximate surface area is 136 Å². The number of anilines is 1. The zero-order valence-corrected chi connectivity index (χ0v) is 14.3. The number of aryl methyl sites for hydroxylation is 3. The van der Waals surface area contributed by atoms with Gasteiger partial charge in [-0.2, -0.15) is 0 Å². The summed E-state index contributed by atoms with van der Waals surface area (Å²) in [4.78, 5) is 11.2. The smallest absolute Gasteiger partial charge is 0.335 e. The lowest BCUT2D eigenvalue weighted by molar-refractivity contribution is 0.0696. The van der Waals surface area contributed by atoms with Crippen molar-refractivity contribution in [3.63, 3.8) is 0 Å². The monoisotopic (exact) mass is 333 g/mol. The summed E-state index contributed by atoms with van der Waals surface area (Å²) in [6, 6.07) is 8.06. The average Bonchev–Trinajstić information content (AvgIpc) is 2.39. The maximum Gasteiger partial charge on any atom is 0.335 e. The van der Waals surface area contributed by atoms with Crippen molar-refractivity contribution >= 4 is 21.7 Å². The predicted molar refractivity (Wildman–Crippen MR) is 89.6 cm³/mol. The van der Waals surface area contributed by atoms with E-state index in [0.717, 1.165) is 11.1 Å². The Morgan fingerprint density at radius 1 is 0.957 bits per heavy atom. The van der Waals surface area contributed by atoms with Crippen LogP contribution in [0.4, 0.5) is 5.69 Å². The highest BCUT2D eigenvalue weighted by molar-refractivity contribution is 7.92. The Bertz CT molecular complexity index is 865. The van der Waals surface area contributed by atoms with E-state index < -0.39 is 16.0 Å². The fraction of sp³-hybridized carbons (Fsp3) is 0.235. The maximum atomic E-state index is 12.7. The second-order valence-corrected chi connectivity index (χ2v) is 7.35. The molecule has 0 radical (unpaired) electrons. The van der Waals surface area contributed by atoms with E-state index in [1.807, 2.05) is 19.9 Å². The zero-order valence-electron chi connectivity index (χ0n) is 13.5. The van der Waals surface area contributed by atoms with Crippen molar-refractivity contribution in [2.45, 2.75) is 32.6 Å². The van der Waals surface area contributed by atoms with E-state index in [-0.39, 0.29) is 10.5 Å². The number of carbonyl (C=O) groups is 1. The third-order valence-electron chi connectivity index (χ3n) is 3.63. The minimum atomic E-state index is -3.87. The van der Waals surface area contributed by atoms with Crippen LogP contribution in [0.5, 0.6) is 0 Å². The Hall–Kier alpha value is -2.34. The summed E-state index contributed by atoms with van der Waals surface area (Å²) in [5.41, 5.74) is 3.44. The molecule has 0 atom stereocenters. The van der Waals surface area contributed by atoms with Gasteiger partial charge in [-0.05, 0) is 74.2 Å². The quantitative estimate of drug-likeness (QED) is 0.898. The Morgan fingerprint density at radius 3 is 2.04 bits per heavy atom. The van der Waals surface area contributed by atoms with Crippen molar-refractivity contribution in [3.8, 4) is 0 Å². The lowest BCUT2D eigenvalue weighted by Gasteiger charge is -2.14. The molecule has 2 aromatic rings. The van der Waals surface area contributed by atoms with Crippen LogP contribution in [0.3, 0.4) is 0 Å². The number of benzene rings is 2. The molecule has 0 bridgehead atoms. The summed E-state index contributed by atoms with van der Waals surface area (Å²) in [6.07, 6.45) is 0. The van der Waals surface area contributed by atoms with Crippen LogP contribution < -0.4 is 4.72 Å². The highest BCUT2D eigenvalue weighted by Crippen LogP contribution is 2.24. The van der Waals surface area contributed by atoms with Gasteiger partial charge in [-0.15, -0.1) is 0 Å². The number of rotatable bonds is 4. The standard InChI is InChI=1S/C17H19NO4S/c1-10-5-11(2)7-15(6-10)18-23(21,22)16-9-14(17(19)20)8-12(3)13(16)4/h5-9,18H,1-4H3,(H,19,20). The number of sulfonamides is 1. The Kier molecular flexibility index (Phi) is 4.47. The molecule has 0 heterocycles. The second-order valence-electron chi connectivity index (χ2n) is 5.70. The minimum Gasteiger partial charge on any atom is -0.478 e. The largest absolute Gasteiger partial charge is 0.478 e. The van der Waals surface area contributed by atoms with Gasteiger partial charge in [0.05, 0.1) is 10.5 Å². The van der Waals surface area contributed by atoms with Gasteiger partial charge in [-0.25, -0.2) is 13.2 Å². The molecule has 0 saturated heterocycles. The third-order valence-corrected chi connectivity index (χ3v) is 5.14. The molecule has 0 unspecified atom stereocenters. The van der Waals surface area contributed by atoms with E-state index in [2.05, 4.69) is 4.72 Å². The predicted octanol–water partition coefficient (Wildman–Crippen LogP) is 3.42. The molecule has 23 heavy (non-hydrogen) atoms. The maximum absolute atomic E-state index is 12.7. The summed E-state index contributed by atoms with van der Waals surface area (Å²) in [5.74, 6) is -1.16. The molecule has 0 aliphatic heterocycles. The van der Waals surface area contributed by atoms with Crippen LogP contribution in [0.15, 0.2) is 35.2 Å². The number of carboxylic acid groups (broad SMARTS) is 1. The van der Waals surface area contributed by atoms with Gasteiger partial charge < -0.3 is 5.11 Å². The van der Waals surface area contributed by atoms with Gasteiger partial charge >= 0.3 is 5.97 Å². The minimum absolute atomic E-state index is 0.0194. The Balaban J connectivity index is 2.53. The molecule has 2 rings (SSSR count). The van der Waals surface area contributed by atoms with Gasteiger partial charge in [0.25, 0.3) is 10.0 Å². The lowest BCUT2D eigenvalue weighted by atomic mass is 10.1. The van der Waals surface area contributed by atoms with Crippen molar-refractivity contribution in [1.82, 2.24) is 0 Å². The van der Waals surface area contributed by atoms with E-state index in [1.165, 1.54) is 12.1 Å². The number of hydrogen-bond acceptors (Lipinski definition) is 3. The van der Waals surface area contributed by atoms with Gasteiger partial charge in [0.15, 0.2) is 0 Å². The van der Waals surface area contributed by atoms with Crippen LogP contribution in [0, 0.1) is 27.7 Å². The normalized spacial score (nSPS) is 11.3. The number of nitrogens with one attached hydrogen (secondary N) is 1. The summed E-state index contributed by atoms with van der Waals surface area (Å²) in [6.45, 7) is 7.12. The molecule has 122 valence electrons. The lowest BCUT2D eigenvalue weighted by Crippen LogP contribution is -2.16. The van der Waals surface area contributed by atoms with E-state index in [9.17, 15) is 13.2 Å². The fourth-order valence-corrected chi connectivity index (χ4v) is 3.86. The summed E-state index contributed by atoms with van der Waals surface area (Å²) in [7, 11) is -3.87. The van der Waals surface area contributed by atoms with Crippen LogP contribution in [0.1, 0.15) is 32.6 Å². The summed E-state index contributed by atoms with van der Waals surface area (Å²) >= 11 is 0. The van der Waals surface area contributed by atoms with Gasteiger partial charge in [-0.1, -0.05) is 6.07 Å². The van der Waals surface area contributed by atoms with Crippen molar-refractivity contribution in [3.05, 3.63) is 58.1 Å². The summed E-state index contributed by atoms with van der Waals surface area (Å²) < 4.78 is 27.9. The van der Waals surface area contributed by atoms with Crippen molar-refractivity contribution in [2.24, 2.45) is 0 Å². The molecule has 0 saturated carbocycles. The van der Waals surface area contributed by atoms with Crippen LogP contribution >= 0.6 is 0 Å². The first-order valence-electron chi connectivity index (χ1n) is 7.06. The van der Waals surface area contributed by atoms with Crippen LogP contribution in [-0.2, 0) is 10.0 Å². The van der Waals surface area contributed by atoms with Gasteiger partial charge in [0.1, 0.15) is 0 Å². The second kappa shape index (κ2) is 6.04. The molecule has 0 spiro atoms. The fourth-order valence-electron chi connectivity index (χ4n) is 2.47. The SMILES string of the molecule is Cc1cc(C)cc(NS(=O)(=O)c2cc(C(=O)O)cc(C)c2C)c1. The van der Waals surface area contributed by atoms with Crippen molar-refractivity contribution < 1.29 is 18.3 Å². The molecule has 0 aliphatic rings. The molecule has 5 nitrogen and oxygen atoms in total. The van der Waals surface area contributed by atoms with E-state index in [4.69, 9.17) is 5.11 Å². The Morgan fingerprint density at radius 2 is 1.52 bits per heavy atom. The van der Waals surface area contributed by atoms with Crippen LogP contribution in [0.25, 0.3) is 0 Å². The van der Waals surface area contributed by atoms with Crippen LogP contribution in [-0.4, -0.2) is 19.5 Å². The first-order chi connectivity index (χ1) is 10.6. The highest BCUT2D eigenvalue weighted by atomic mass is 32.2. The average molecular weight is 333 g/mol. The molecule has 2 aromatic carbocycles.